The molecule has 2 saturated carbocycles. The molecule has 36 heavy (non-hydrogen) atoms. The molecule has 4 heteroatoms. The summed E-state index contributed by atoms with van der Waals surface area (Å²) >= 11 is 0. The molecule has 3 aromatic rings. The van der Waals surface area contributed by atoms with E-state index in [1.807, 2.05) is 6.20 Å². The summed E-state index contributed by atoms with van der Waals surface area (Å²) in [5, 5.41) is 22.5. The first kappa shape index (κ1) is 29.0. The third-order valence-electron chi connectivity index (χ3n) is 7.94. The van der Waals surface area contributed by atoms with Crippen molar-refractivity contribution < 1.29 is 30.3 Å². The van der Waals surface area contributed by atoms with Crippen molar-refractivity contribution in [3.05, 3.63) is 65.4 Å². The first-order valence-corrected chi connectivity index (χ1v) is 13.6. The second kappa shape index (κ2) is 13.3. The Hall–Kier alpha value is -1.58. The summed E-state index contributed by atoms with van der Waals surface area (Å²) in [5.74, 6) is 1.31. The zero-order valence-electron chi connectivity index (χ0n) is 22.3. The van der Waals surface area contributed by atoms with E-state index in [1.54, 1.807) is 0 Å². The van der Waals surface area contributed by atoms with Gasteiger partial charge in [-0.25, -0.2) is 0 Å². The van der Waals surface area contributed by atoms with E-state index in [9.17, 15) is 10.2 Å². The minimum atomic E-state index is -0.240. The molecule has 3 nitrogen and oxygen atoms in total. The number of aliphatic hydroxyl groups excluding tert-OH is 2. The minimum Gasteiger partial charge on any atom is -0.393 e. The molecule has 1 radical (unpaired) electrons. The molecule has 2 unspecified atom stereocenters. The van der Waals surface area contributed by atoms with Crippen molar-refractivity contribution in [3.63, 3.8) is 0 Å². The number of aromatic nitrogens is 1. The number of hydrogen-bond acceptors (Lipinski definition) is 3. The summed E-state index contributed by atoms with van der Waals surface area (Å²) < 4.78 is 0. The minimum absolute atomic E-state index is 0. The van der Waals surface area contributed by atoms with E-state index in [-0.39, 0.29) is 38.2 Å². The largest absolute Gasteiger partial charge is 0.393 e. The molecule has 1 aromatic heterocycles. The molecule has 2 N–H and O–H groups in total. The van der Waals surface area contributed by atoms with Gasteiger partial charge in [-0.2, -0.15) is 0 Å². The van der Waals surface area contributed by atoms with Crippen molar-refractivity contribution >= 4 is 10.8 Å². The SMILES string of the molecule is Cc1[c-]c(-c2nccc3cc(C(C)C)ccc23)cc(C)c1.OC1CCCCC2CCCCC(O)C12.[Ir]. The van der Waals surface area contributed by atoms with Crippen LogP contribution in [0.15, 0.2) is 42.6 Å². The summed E-state index contributed by atoms with van der Waals surface area (Å²) in [4.78, 5) is 4.60. The van der Waals surface area contributed by atoms with Crippen LogP contribution >= 0.6 is 0 Å². The van der Waals surface area contributed by atoms with Crippen LogP contribution in [0.25, 0.3) is 22.0 Å². The van der Waals surface area contributed by atoms with E-state index in [0.717, 1.165) is 42.5 Å². The van der Waals surface area contributed by atoms with Gasteiger partial charge in [-0.05, 0) is 65.6 Å². The Bertz CT molecular complexity index is 1090. The topological polar surface area (TPSA) is 53.4 Å². The maximum atomic E-state index is 10.0. The fourth-order valence-electron chi connectivity index (χ4n) is 6.11. The van der Waals surface area contributed by atoms with Crippen LogP contribution in [0, 0.1) is 31.7 Å². The van der Waals surface area contributed by atoms with Crippen LogP contribution < -0.4 is 0 Å². The van der Waals surface area contributed by atoms with Crippen LogP contribution in [0.5, 0.6) is 0 Å². The molecule has 0 spiro atoms. The number of rotatable bonds is 2. The Morgan fingerprint density at radius 1 is 0.861 bits per heavy atom. The van der Waals surface area contributed by atoms with Gasteiger partial charge in [0.15, 0.2) is 0 Å². The number of fused-ring (bicyclic) bond motifs is 2. The molecule has 5 rings (SSSR count). The number of aryl methyl sites for hydroxylation is 2. The van der Waals surface area contributed by atoms with E-state index in [1.165, 1.54) is 47.6 Å². The molecule has 2 aromatic carbocycles. The van der Waals surface area contributed by atoms with Crippen LogP contribution in [0.1, 0.15) is 87.8 Å². The van der Waals surface area contributed by atoms with Gasteiger partial charge in [-0.1, -0.05) is 71.6 Å². The Balaban J connectivity index is 0.000000210. The number of hydrogen-bond donors (Lipinski definition) is 2. The van der Waals surface area contributed by atoms with Crippen molar-refractivity contribution in [2.24, 2.45) is 11.8 Å². The van der Waals surface area contributed by atoms with Gasteiger partial charge >= 0.3 is 0 Å². The van der Waals surface area contributed by atoms with E-state index in [4.69, 9.17) is 0 Å². The van der Waals surface area contributed by atoms with Gasteiger partial charge in [0.2, 0.25) is 0 Å². The number of pyridine rings is 1. The van der Waals surface area contributed by atoms with Crippen LogP contribution in [-0.2, 0) is 20.1 Å². The van der Waals surface area contributed by atoms with E-state index >= 15 is 0 Å². The Kier molecular flexibility index (Phi) is 10.7. The number of benzene rings is 2. The Morgan fingerprint density at radius 3 is 2.11 bits per heavy atom. The third kappa shape index (κ3) is 7.04. The van der Waals surface area contributed by atoms with E-state index in [0.29, 0.717) is 11.8 Å². The van der Waals surface area contributed by atoms with Crippen molar-refractivity contribution in [1.29, 1.82) is 0 Å². The molecule has 2 aliphatic rings. The molecule has 2 atom stereocenters. The Morgan fingerprint density at radius 2 is 1.50 bits per heavy atom. The van der Waals surface area contributed by atoms with Crippen LogP contribution in [0.4, 0.5) is 0 Å². The maximum Gasteiger partial charge on any atom is 0.0595 e. The molecule has 197 valence electrons. The summed E-state index contributed by atoms with van der Waals surface area (Å²) in [6.07, 6.45) is 10.4. The van der Waals surface area contributed by atoms with Crippen molar-refractivity contribution in [2.75, 3.05) is 0 Å². The molecule has 2 aliphatic carbocycles. The van der Waals surface area contributed by atoms with Gasteiger partial charge in [-0.3, -0.25) is 0 Å². The zero-order valence-corrected chi connectivity index (χ0v) is 24.7. The van der Waals surface area contributed by atoms with E-state index < -0.39 is 0 Å². The van der Waals surface area contributed by atoms with Crippen LogP contribution in [0.2, 0.25) is 0 Å². The summed E-state index contributed by atoms with van der Waals surface area (Å²) in [6, 6.07) is 16.5. The van der Waals surface area contributed by atoms with Crippen molar-refractivity contribution in [3.8, 4) is 11.3 Å². The first-order chi connectivity index (χ1) is 16.8. The fraction of sp³-hybridized carbons (Fsp3) is 0.531. The van der Waals surface area contributed by atoms with Gasteiger partial charge in [-0.15, -0.1) is 34.9 Å². The second-order valence-electron chi connectivity index (χ2n) is 11.1. The van der Waals surface area contributed by atoms with Gasteiger partial charge < -0.3 is 15.2 Å². The molecular formula is C32H42IrNO2-. The zero-order chi connectivity index (χ0) is 24.9. The quantitative estimate of drug-likeness (QED) is 0.279. The van der Waals surface area contributed by atoms with Crippen molar-refractivity contribution in [2.45, 2.75) is 97.2 Å². The predicted molar refractivity (Wildman–Crippen MR) is 146 cm³/mol. The average molecular weight is 665 g/mol. The number of nitrogens with zero attached hydrogens (tertiary/aromatic N) is 1. The molecule has 1 heterocycles. The van der Waals surface area contributed by atoms with Crippen LogP contribution in [-0.4, -0.2) is 27.4 Å². The first-order valence-electron chi connectivity index (χ1n) is 13.6. The van der Waals surface area contributed by atoms with Gasteiger partial charge in [0.1, 0.15) is 0 Å². The van der Waals surface area contributed by atoms with Crippen molar-refractivity contribution in [1.82, 2.24) is 4.98 Å². The Labute approximate surface area is 231 Å². The average Bonchev–Trinajstić information content (AvgIpc) is 3.13. The maximum absolute atomic E-state index is 10.0. The third-order valence-corrected chi connectivity index (χ3v) is 7.94. The second-order valence-corrected chi connectivity index (χ2v) is 11.1. The standard InChI is InChI=1S/C20H20N.C12H22O2.Ir/c1-13(2)16-5-6-19-17(12-16)7-8-21-20(19)18-10-14(3)9-15(4)11-18;13-10-7-3-1-5-9-6-2-4-8-11(14)12(9)10;/h5-10,12-13H,1-4H3;9-14H,1-8H2;/q-1;;. The summed E-state index contributed by atoms with van der Waals surface area (Å²) in [6.45, 7) is 8.65. The van der Waals surface area contributed by atoms with Crippen LogP contribution in [0.3, 0.4) is 0 Å². The molecule has 0 saturated heterocycles. The molecule has 0 bridgehead atoms. The van der Waals surface area contributed by atoms with Gasteiger partial charge in [0.05, 0.1) is 12.2 Å². The predicted octanol–water partition coefficient (Wildman–Crippen LogP) is 7.53. The molecular weight excluding hydrogens is 623 g/mol. The normalized spacial score (nSPS) is 24.1. The monoisotopic (exact) mass is 665 g/mol. The smallest absolute Gasteiger partial charge is 0.0595 e. The fourth-order valence-corrected chi connectivity index (χ4v) is 6.11. The van der Waals surface area contributed by atoms with E-state index in [2.05, 4.69) is 75.1 Å². The summed E-state index contributed by atoms with van der Waals surface area (Å²) in [5.41, 5.74) is 5.87. The molecule has 2 fully saturated rings. The summed E-state index contributed by atoms with van der Waals surface area (Å²) in [7, 11) is 0. The van der Waals surface area contributed by atoms with Gasteiger partial charge in [0, 0.05) is 32.2 Å². The molecule has 0 amide bonds. The number of aliphatic hydroxyl groups is 2. The van der Waals surface area contributed by atoms with Gasteiger partial charge in [0.25, 0.3) is 0 Å². The molecule has 0 aliphatic heterocycles.